The maximum atomic E-state index is 14.8. The summed E-state index contributed by atoms with van der Waals surface area (Å²) in [6.45, 7) is 44.3. The van der Waals surface area contributed by atoms with Gasteiger partial charge >= 0.3 is 0 Å². The van der Waals surface area contributed by atoms with Crippen LogP contribution in [-0.2, 0) is 32.0 Å². The van der Waals surface area contributed by atoms with Crippen molar-refractivity contribution >= 4 is 45.0 Å². The van der Waals surface area contributed by atoms with Gasteiger partial charge in [-0.25, -0.2) is 0 Å². The third-order valence-corrected chi connectivity index (χ3v) is 30.1. The smallest absolute Gasteiger partial charge is 0.222 e. The highest BCUT2D eigenvalue weighted by Crippen LogP contribution is 2.50. The summed E-state index contributed by atoms with van der Waals surface area (Å²) in [6.07, 6.45) is -2.96. The van der Waals surface area contributed by atoms with E-state index >= 15 is 0 Å². The van der Waals surface area contributed by atoms with Gasteiger partial charge < -0.3 is 27.8 Å². The zero-order chi connectivity index (χ0) is 36.3. The number of amides is 1. The first-order chi connectivity index (χ1) is 20.1. The van der Waals surface area contributed by atoms with Crippen LogP contribution in [0, 0.1) is 0 Å². The van der Waals surface area contributed by atoms with Gasteiger partial charge in [0.1, 0.15) is 18.3 Å². The number of ether oxygens (including phenoxy) is 1. The van der Waals surface area contributed by atoms with Crippen molar-refractivity contribution in [3.8, 4) is 0 Å². The van der Waals surface area contributed by atoms with Crippen molar-refractivity contribution in [3.05, 3.63) is 0 Å². The van der Waals surface area contributed by atoms with E-state index in [0.29, 0.717) is 0 Å². The number of rotatable bonds is 9. The highest BCUT2D eigenvalue weighted by molar-refractivity contribution is 6.75. The van der Waals surface area contributed by atoms with Gasteiger partial charge in [0.15, 0.2) is 50.9 Å². The Morgan fingerprint density at radius 2 is 1.11 bits per heavy atom. The van der Waals surface area contributed by atoms with Crippen molar-refractivity contribution in [1.82, 2.24) is 5.32 Å². The molecule has 0 unspecified atom stereocenters. The molecule has 8 nitrogen and oxygen atoms in total. The molecular formula is C34H71NO7Si4. The lowest BCUT2D eigenvalue weighted by molar-refractivity contribution is -0.257. The van der Waals surface area contributed by atoms with Gasteiger partial charge in [0.25, 0.3) is 0 Å². The highest BCUT2D eigenvalue weighted by Gasteiger charge is 2.68. The van der Waals surface area contributed by atoms with E-state index in [1.165, 1.54) is 0 Å². The minimum atomic E-state index is -2.66. The molecule has 2 rings (SSSR count). The molecule has 2 aliphatic rings. The number of hydrogen-bond acceptors (Lipinski definition) is 7. The minimum absolute atomic E-state index is 0.0177. The lowest BCUT2D eigenvalue weighted by Gasteiger charge is -2.59. The molecule has 0 bridgehead atoms. The van der Waals surface area contributed by atoms with Crippen molar-refractivity contribution in [3.63, 3.8) is 0 Å². The van der Waals surface area contributed by atoms with Gasteiger partial charge in [-0.2, -0.15) is 0 Å². The molecule has 0 aromatic heterocycles. The second-order valence-electron chi connectivity index (χ2n) is 19.9. The molecule has 2 saturated heterocycles. The first kappa shape index (κ1) is 42.0. The number of hydrogen-bond donors (Lipinski definition) is 1. The van der Waals surface area contributed by atoms with Crippen molar-refractivity contribution in [2.24, 2.45) is 0 Å². The molecule has 2 fully saturated rings. The van der Waals surface area contributed by atoms with Crippen LogP contribution in [0.2, 0.25) is 72.5 Å². The quantitative estimate of drug-likeness (QED) is 0.239. The van der Waals surface area contributed by atoms with Crippen LogP contribution in [-0.4, -0.2) is 81.7 Å². The molecule has 2 heterocycles. The first-order valence-electron chi connectivity index (χ1n) is 17.3. The van der Waals surface area contributed by atoms with Gasteiger partial charge in [0, 0.05) is 12.8 Å². The molecule has 0 aromatic carbocycles. The summed E-state index contributed by atoms with van der Waals surface area (Å²) in [6, 6.07) is 0. The van der Waals surface area contributed by atoms with E-state index in [1.54, 1.807) is 0 Å². The van der Waals surface area contributed by atoms with Crippen LogP contribution in [0.3, 0.4) is 0 Å². The van der Waals surface area contributed by atoms with Crippen LogP contribution in [0.5, 0.6) is 0 Å². The maximum Gasteiger partial charge on any atom is 0.222 e. The van der Waals surface area contributed by atoms with Gasteiger partial charge in [-0.15, -0.1) is 0 Å². The summed E-state index contributed by atoms with van der Waals surface area (Å²) < 4.78 is 36.0. The second kappa shape index (κ2) is 13.2. The summed E-state index contributed by atoms with van der Waals surface area (Å²) in [5.41, 5.74) is -1.58. The van der Waals surface area contributed by atoms with Gasteiger partial charge in [-0.3, -0.25) is 9.59 Å². The van der Waals surface area contributed by atoms with Crippen molar-refractivity contribution in [1.29, 1.82) is 0 Å². The predicted octanol–water partition coefficient (Wildman–Crippen LogP) is 8.75. The fourth-order valence-corrected chi connectivity index (χ4v) is 9.83. The molecule has 0 spiro atoms. The third-order valence-electron chi connectivity index (χ3n) is 12.2. The summed E-state index contributed by atoms with van der Waals surface area (Å²) in [7, 11) is -9.91. The zero-order valence-electron chi connectivity index (χ0n) is 33.3. The molecular weight excluding hydrogens is 647 g/mol. The molecule has 0 aliphatic carbocycles. The van der Waals surface area contributed by atoms with Crippen molar-refractivity contribution in [2.75, 3.05) is 6.61 Å². The molecule has 5 atom stereocenters. The maximum absolute atomic E-state index is 14.8. The average Bonchev–Trinajstić information content (AvgIpc) is 2.92. The summed E-state index contributed by atoms with van der Waals surface area (Å²) in [4.78, 5) is 28.1. The Kier molecular flexibility index (Phi) is 12.0. The SMILES string of the molecule is CC(C)(C)[Si](C)(C)OC[C@H]1O[C@H]2NC(=O)CCC(=O)[C@@]2(O[Si](C)(C)C(C)(C)C)[C@@H](O[Si](C)(C)C(C)(C)C)[C@@H]1O[Si](C)(C)C(C)(C)C. The number of fused-ring (bicyclic) bond motifs is 1. The standard InChI is InChI=1S/C34H71NO7Si4/c1-30(2,3)43(13,14)38-23-24-27(40-44(15,16)31(4,5)6)28(41-45(17,18)32(7,8)9)34(42-46(19,20)33(10,11)12)25(36)21-22-26(37)35-29(34)39-24/h24,27-29H,21-23H2,1-20H3,(H,35,37)/t24-,27-,28+,29-,34-/m1/s1. The normalized spacial score (nSPS) is 28.1. The minimum Gasteiger partial charge on any atom is -0.414 e. The first-order valence-corrected chi connectivity index (χ1v) is 28.9. The van der Waals surface area contributed by atoms with E-state index in [0.717, 1.165) is 0 Å². The number of ketones is 1. The van der Waals surface area contributed by atoms with E-state index in [1.807, 2.05) is 0 Å². The van der Waals surface area contributed by atoms with E-state index < -0.39 is 63.4 Å². The van der Waals surface area contributed by atoms with Gasteiger partial charge in [0.05, 0.1) is 6.61 Å². The largest absolute Gasteiger partial charge is 0.414 e. The summed E-state index contributed by atoms with van der Waals surface area (Å²) in [5, 5.41) is 2.59. The van der Waals surface area contributed by atoms with Crippen molar-refractivity contribution < 1.29 is 32.0 Å². The molecule has 2 aliphatic heterocycles. The van der Waals surface area contributed by atoms with Crippen LogP contribution in [0.4, 0.5) is 0 Å². The molecule has 46 heavy (non-hydrogen) atoms. The van der Waals surface area contributed by atoms with E-state index in [2.05, 4.69) is 141 Å². The molecule has 0 radical (unpaired) electrons. The fourth-order valence-electron chi connectivity index (χ4n) is 4.72. The predicted molar refractivity (Wildman–Crippen MR) is 199 cm³/mol. The van der Waals surface area contributed by atoms with Crippen molar-refractivity contribution in [2.45, 2.75) is 199 Å². The Labute approximate surface area is 286 Å². The summed E-state index contributed by atoms with van der Waals surface area (Å²) in [5.74, 6) is -0.380. The number of carbonyl (C=O) groups excluding carboxylic acids is 2. The molecule has 270 valence electrons. The van der Waals surface area contributed by atoms with Crippen LogP contribution >= 0.6 is 0 Å². The lowest BCUT2D eigenvalue weighted by atomic mass is 9.81. The monoisotopic (exact) mass is 717 g/mol. The van der Waals surface area contributed by atoms with Crippen LogP contribution in [0.15, 0.2) is 0 Å². The van der Waals surface area contributed by atoms with E-state index in [9.17, 15) is 9.59 Å². The zero-order valence-corrected chi connectivity index (χ0v) is 37.3. The third kappa shape index (κ3) is 8.57. The van der Waals surface area contributed by atoms with E-state index in [-0.39, 0.29) is 51.3 Å². The van der Waals surface area contributed by atoms with E-state index in [4.69, 9.17) is 22.4 Å². The van der Waals surface area contributed by atoms with Crippen LogP contribution in [0.25, 0.3) is 0 Å². The Balaban J connectivity index is 3.00. The molecule has 0 aromatic rings. The molecule has 1 amide bonds. The van der Waals surface area contributed by atoms with Crippen LogP contribution in [0.1, 0.15) is 95.9 Å². The number of carbonyl (C=O) groups is 2. The van der Waals surface area contributed by atoms with Gasteiger partial charge in [-0.1, -0.05) is 83.1 Å². The average molecular weight is 718 g/mol. The van der Waals surface area contributed by atoms with Gasteiger partial charge in [-0.05, 0) is 72.5 Å². The Morgan fingerprint density at radius 1 is 0.674 bits per heavy atom. The lowest BCUT2D eigenvalue weighted by Crippen LogP contribution is -2.78. The fraction of sp³-hybridized carbons (Fsp3) is 0.941. The Hall–Kier alpha value is -0.192. The Bertz CT molecular complexity index is 1110. The molecule has 1 N–H and O–H groups in total. The number of Topliss-reactive ketones (excluding diaryl/α,β-unsaturated/α-hetero) is 1. The summed E-state index contributed by atoms with van der Waals surface area (Å²) >= 11 is 0. The molecule has 12 heteroatoms. The molecule has 0 saturated carbocycles. The second-order valence-corrected chi connectivity index (χ2v) is 39.0. The van der Waals surface area contributed by atoms with Gasteiger partial charge in [0.2, 0.25) is 5.91 Å². The Morgan fingerprint density at radius 3 is 1.54 bits per heavy atom. The van der Waals surface area contributed by atoms with Crippen LogP contribution < -0.4 is 5.32 Å². The highest BCUT2D eigenvalue weighted by atomic mass is 28.4. The topological polar surface area (TPSA) is 92.3 Å². The number of nitrogens with one attached hydrogen (secondary N) is 1.